The van der Waals surface area contributed by atoms with E-state index < -0.39 is 11.9 Å². The van der Waals surface area contributed by atoms with Gasteiger partial charge in [-0.05, 0) is 44.4 Å². The molecule has 0 radical (unpaired) electrons. The molecule has 0 saturated carbocycles. The third kappa shape index (κ3) is 4.04. The van der Waals surface area contributed by atoms with Crippen LogP contribution in [-0.4, -0.2) is 29.7 Å². The van der Waals surface area contributed by atoms with Crippen LogP contribution in [0.1, 0.15) is 38.2 Å². The lowest BCUT2D eigenvalue weighted by molar-refractivity contribution is -0.138. The van der Waals surface area contributed by atoms with E-state index in [0.717, 1.165) is 12.8 Å². The standard InChI is InChI=1S/C16H21NO4/c1-10-8-13(6-7-21-10)15(18)17-14-5-3-4-12(9-14)11(2)16(19)20/h3-5,9-11,13H,6-8H2,1-2H3,(H,17,18)(H,19,20). The van der Waals surface area contributed by atoms with Crippen molar-refractivity contribution >= 4 is 17.6 Å². The second-order valence-corrected chi connectivity index (χ2v) is 5.58. The number of benzene rings is 1. The maximum atomic E-state index is 12.2. The molecule has 2 N–H and O–H groups in total. The Morgan fingerprint density at radius 2 is 2.19 bits per heavy atom. The second kappa shape index (κ2) is 6.72. The fourth-order valence-electron chi connectivity index (χ4n) is 2.51. The van der Waals surface area contributed by atoms with Crippen molar-refractivity contribution in [2.45, 2.75) is 38.7 Å². The van der Waals surface area contributed by atoms with E-state index in [1.165, 1.54) is 0 Å². The number of carbonyl (C=O) groups is 2. The zero-order chi connectivity index (χ0) is 15.4. The first-order valence-corrected chi connectivity index (χ1v) is 7.22. The summed E-state index contributed by atoms with van der Waals surface area (Å²) in [7, 11) is 0. The van der Waals surface area contributed by atoms with E-state index in [1.807, 2.05) is 6.92 Å². The molecule has 1 aliphatic rings. The van der Waals surface area contributed by atoms with Gasteiger partial charge in [0.05, 0.1) is 12.0 Å². The van der Waals surface area contributed by atoms with Crippen molar-refractivity contribution < 1.29 is 19.4 Å². The van der Waals surface area contributed by atoms with E-state index in [-0.39, 0.29) is 17.9 Å². The normalized spacial score (nSPS) is 23.3. The average Bonchev–Trinajstić information content (AvgIpc) is 2.46. The third-order valence-corrected chi connectivity index (χ3v) is 3.88. The molecule has 1 aliphatic heterocycles. The largest absolute Gasteiger partial charge is 0.481 e. The second-order valence-electron chi connectivity index (χ2n) is 5.58. The number of carboxylic acid groups (broad SMARTS) is 1. The summed E-state index contributed by atoms with van der Waals surface area (Å²) in [6, 6.07) is 7.01. The van der Waals surface area contributed by atoms with Gasteiger partial charge in [-0.3, -0.25) is 9.59 Å². The van der Waals surface area contributed by atoms with Gasteiger partial charge in [0, 0.05) is 18.2 Å². The van der Waals surface area contributed by atoms with Gasteiger partial charge < -0.3 is 15.2 Å². The smallest absolute Gasteiger partial charge is 0.310 e. The summed E-state index contributed by atoms with van der Waals surface area (Å²) in [4.78, 5) is 23.3. The summed E-state index contributed by atoms with van der Waals surface area (Å²) in [6.07, 6.45) is 1.55. The molecule has 1 fully saturated rings. The SMILES string of the molecule is CC1CC(C(=O)Nc2cccc(C(C)C(=O)O)c2)CCO1. The topological polar surface area (TPSA) is 75.6 Å². The Balaban J connectivity index is 2.04. The van der Waals surface area contributed by atoms with Crippen LogP contribution in [0, 0.1) is 5.92 Å². The summed E-state index contributed by atoms with van der Waals surface area (Å²) in [5.41, 5.74) is 1.32. The molecular formula is C16H21NO4. The highest BCUT2D eigenvalue weighted by molar-refractivity contribution is 5.92. The summed E-state index contributed by atoms with van der Waals surface area (Å²) in [5, 5.41) is 11.9. The number of hydrogen-bond donors (Lipinski definition) is 2. The van der Waals surface area contributed by atoms with Gasteiger partial charge in [-0.1, -0.05) is 12.1 Å². The van der Waals surface area contributed by atoms with Gasteiger partial charge in [-0.15, -0.1) is 0 Å². The zero-order valence-corrected chi connectivity index (χ0v) is 12.3. The van der Waals surface area contributed by atoms with Crippen LogP contribution >= 0.6 is 0 Å². The number of carboxylic acids is 1. The van der Waals surface area contributed by atoms with Crippen LogP contribution in [0.4, 0.5) is 5.69 Å². The first-order chi connectivity index (χ1) is 9.97. The van der Waals surface area contributed by atoms with Gasteiger partial charge in [-0.2, -0.15) is 0 Å². The Hall–Kier alpha value is -1.88. The molecule has 1 heterocycles. The van der Waals surface area contributed by atoms with Crippen LogP contribution in [0.15, 0.2) is 24.3 Å². The molecule has 1 saturated heterocycles. The summed E-state index contributed by atoms with van der Waals surface area (Å²) >= 11 is 0. The third-order valence-electron chi connectivity index (χ3n) is 3.88. The molecule has 114 valence electrons. The lowest BCUT2D eigenvalue weighted by Crippen LogP contribution is -2.32. The van der Waals surface area contributed by atoms with Gasteiger partial charge in [0.25, 0.3) is 0 Å². The van der Waals surface area contributed by atoms with Crippen molar-refractivity contribution in [2.24, 2.45) is 5.92 Å². The van der Waals surface area contributed by atoms with Gasteiger partial charge in [0.2, 0.25) is 5.91 Å². The fourth-order valence-corrected chi connectivity index (χ4v) is 2.51. The highest BCUT2D eigenvalue weighted by atomic mass is 16.5. The van der Waals surface area contributed by atoms with E-state index in [0.29, 0.717) is 17.9 Å². The van der Waals surface area contributed by atoms with Crippen LogP contribution in [0.2, 0.25) is 0 Å². The molecule has 0 aromatic heterocycles. The number of aliphatic carboxylic acids is 1. The summed E-state index contributed by atoms with van der Waals surface area (Å²) in [5.74, 6) is -1.54. The van der Waals surface area contributed by atoms with Crippen molar-refractivity contribution in [2.75, 3.05) is 11.9 Å². The predicted molar refractivity (Wildman–Crippen MR) is 79.3 cm³/mol. The molecule has 3 unspecified atom stereocenters. The van der Waals surface area contributed by atoms with Gasteiger partial charge in [0.1, 0.15) is 0 Å². The molecule has 1 amide bonds. The molecule has 21 heavy (non-hydrogen) atoms. The Labute approximate surface area is 124 Å². The first kappa shape index (κ1) is 15.5. The fraction of sp³-hybridized carbons (Fsp3) is 0.500. The molecule has 5 nitrogen and oxygen atoms in total. The predicted octanol–water partition coefficient (Wildman–Crippen LogP) is 2.63. The minimum Gasteiger partial charge on any atom is -0.481 e. The van der Waals surface area contributed by atoms with Crippen LogP contribution < -0.4 is 5.32 Å². The maximum absolute atomic E-state index is 12.2. The average molecular weight is 291 g/mol. The highest BCUT2D eigenvalue weighted by Gasteiger charge is 2.25. The van der Waals surface area contributed by atoms with E-state index in [1.54, 1.807) is 31.2 Å². The molecule has 1 aromatic carbocycles. The van der Waals surface area contributed by atoms with Crippen molar-refractivity contribution in [1.82, 2.24) is 0 Å². The van der Waals surface area contributed by atoms with Crippen LogP contribution in [-0.2, 0) is 14.3 Å². The van der Waals surface area contributed by atoms with E-state index in [2.05, 4.69) is 5.32 Å². The molecule has 0 spiro atoms. The molecule has 1 aromatic rings. The lowest BCUT2D eigenvalue weighted by atomic mass is 9.95. The number of ether oxygens (including phenoxy) is 1. The first-order valence-electron chi connectivity index (χ1n) is 7.22. The maximum Gasteiger partial charge on any atom is 0.310 e. The van der Waals surface area contributed by atoms with Crippen molar-refractivity contribution in [3.8, 4) is 0 Å². The molecule has 0 aliphatic carbocycles. The van der Waals surface area contributed by atoms with E-state index >= 15 is 0 Å². The molecule has 5 heteroatoms. The monoisotopic (exact) mass is 291 g/mol. The minimum atomic E-state index is -0.878. The van der Waals surface area contributed by atoms with Crippen LogP contribution in [0.5, 0.6) is 0 Å². The lowest BCUT2D eigenvalue weighted by Gasteiger charge is -2.26. The number of anilines is 1. The van der Waals surface area contributed by atoms with Crippen LogP contribution in [0.3, 0.4) is 0 Å². The van der Waals surface area contributed by atoms with Gasteiger partial charge in [-0.25, -0.2) is 0 Å². The number of nitrogens with one attached hydrogen (secondary N) is 1. The van der Waals surface area contributed by atoms with Gasteiger partial charge in [0.15, 0.2) is 0 Å². The summed E-state index contributed by atoms with van der Waals surface area (Å²) < 4.78 is 5.44. The Morgan fingerprint density at radius 1 is 1.43 bits per heavy atom. The number of hydrogen-bond acceptors (Lipinski definition) is 3. The van der Waals surface area contributed by atoms with E-state index in [4.69, 9.17) is 9.84 Å². The molecule has 3 atom stereocenters. The Bertz CT molecular complexity index is 529. The quantitative estimate of drug-likeness (QED) is 0.894. The number of amides is 1. The number of carbonyl (C=O) groups excluding carboxylic acids is 1. The van der Waals surface area contributed by atoms with Crippen LogP contribution in [0.25, 0.3) is 0 Å². The van der Waals surface area contributed by atoms with Crippen molar-refractivity contribution in [3.05, 3.63) is 29.8 Å². The Kier molecular flexibility index (Phi) is 4.96. The molecule has 0 bridgehead atoms. The van der Waals surface area contributed by atoms with Crippen molar-refractivity contribution in [3.63, 3.8) is 0 Å². The molecular weight excluding hydrogens is 270 g/mol. The Morgan fingerprint density at radius 3 is 2.86 bits per heavy atom. The zero-order valence-electron chi connectivity index (χ0n) is 12.3. The highest BCUT2D eigenvalue weighted by Crippen LogP contribution is 2.23. The van der Waals surface area contributed by atoms with E-state index in [9.17, 15) is 9.59 Å². The van der Waals surface area contributed by atoms with Gasteiger partial charge >= 0.3 is 5.97 Å². The van der Waals surface area contributed by atoms with Crippen molar-refractivity contribution in [1.29, 1.82) is 0 Å². The summed E-state index contributed by atoms with van der Waals surface area (Å²) in [6.45, 7) is 4.20. The molecule has 2 rings (SSSR count). The number of rotatable bonds is 4. The minimum absolute atomic E-state index is 0.0229.